The maximum absolute atomic E-state index is 11.6. The van der Waals surface area contributed by atoms with Gasteiger partial charge in [-0.05, 0) is 24.8 Å². The smallest absolute Gasteiger partial charge is 0.356 e. The number of esters is 1. The number of nitrogens with zero attached hydrogens (tertiary/aromatic N) is 3. The van der Waals surface area contributed by atoms with Crippen LogP contribution in [-0.4, -0.2) is 36.1 Å². The van der Waals surface area contributed by atoms with Crippen molar-refractivity contribution in [3.8, 4) is 0 Å². The molecule has 2 rings (SSSR count). The fourth-order valence-corrected chi connectivity index (χ4v) is 2.63. The topological polar surface area (TPSA) is 85.6 Å². The van der Waals surface area contributed by atoms with Crippen LogP contribution in [0.1, 0.15) is 36.7 Å². The molecule has 1 aromatic rings. The van der Waals surface area contributed by atoms with Crippen LogP contribution in [0.25, 0.3) is 0 Å². The number of piperidine rings is 1. The summed E-state index contributed by atoms with van der Waals surface area (Å²) in [7, 11) is 1.26. The Bertz CT molecular complexity index is 547. The summed E-state index contributed by atoms with van der Waals surface area (Å²) in [4.78, 5) is 28.4. The Morgan fingerprint density at radius 3 is 2.95 bits per heavy atom. The van der Waals surface area contributed by atoms with Gasteiger partial charge in [-0.25, -0.2) is 9.78 Å². The minimum absolute atomic E-state index is 0.0700. The predicted octanol–water partition coefficient (Wildman–Crippen LogP) is 2.40. The number of methoxy groups -OCH3 is 1. The molecule has 0 bridgehead atoms. The lowest BCUT2D eigenvalue weighted by molar-refractivity contribution is -0.384. The molecule has 1 saturated heterocycles. The van der Waals surface area contributed by atoms with Crippen LogP contribution in [0.2, 0.25) is 0 Å². The summed E-state index contributed by atoms with van der Waals surface area (Å²) in [5, 5.41) is 11.2. The van der Waals surface area contributed by atoms with Crippen molar-refractivity contribution in [1.29, 1.82) is 0 Å². The highest BCUT2D eigenvalue weighted by Gasteiger charge is 2.27. The van der Waals surface area contributed by atoms with Gasteiger partial charge in [0.05, 0.1) is 12.0 Å². The van der Waals surface area contributed by atoms with E-state index in [-0.39, 0.29) is 17.2 Å². The molecule has 7 heteroatoms. The minimum Gasteiger partial charge on any atom is -0.464 e. The Labute approximate surface area is 123 Å². The van der Waals surface area contributed by atoms with Crippen molar-refractivity contribution in [2.24, 2.45) is 5.92 Å². The fourth-order valence-electron chi connectivity index (χ4n) is 2.63. The third-order valence-corrected chi connectivity index (χ3v) is 3.84. The molecule has 1 aromatic heterocycles. The van der Waals surface area contributed by atoms with E-state index in [1.165, 1.54) is 19.2 Å². The predicted molar refractivity (Wildman–Crippen MR) is 77.5 cm³/mol. The number of carbonyl (C=O) groups is 1. The number of carbonyl (C=O) groups excluding carboxylic acids is 1. The zero-order valence-corrected chi connectivity index (χ0v) is 12.2. The second-order valence-corrected chi connectivity index (χ2v) is 5.15. The monoisotopic (exact) mass is 293 g/mol. The Balaban J connectivity index is 2.38. The fraction of sp³-hybridized carbons (Fsp3) is 0.571. The molecule has 1 unspecified atom stereocenters. The number of rotatable bonds is 4. The molecule has 0 spiro atoms. The van der Waals surface area contributed by atoms with E-state index >= 15 is 0 Å². The molecule has 0 radical (unpaired) electrons. The first-order chi connectivity index (χ1) is 10.1. The molecular weight excluding hydrogens is 274 g/mol. The number of aromatic nitrogens is 1. The van der Waals surface area contributed by atoms with Crippen molar-refractivity contribution in [1.82, 2.24) is 4.98 Å². The van der Waals surface area contributed by atoms with E-state index in [4.69, 9.17) is 0 Å². The maximum atomic E-state index is 11.6. The molecule has 21 heavy (non-hydrogen) atoms. The first-order valence-corrected chi connectivity index (χ1v) is 7.05. The lowest BCUT2D eigenvalue weighted by Crippen LogP contribution is -2.36. The molecule has 114 valence electrons. The highest BCUT2D eigenvalue weighted by molar-refractivity contribution is 5.88. The molecule has 0 saturated carbocycles. The summed E-state index contributed by atoms with van der Waals surface area (Å²) >= 11 is 0. The maximum Gasteiger partial charge on any atom is 0.356 e. The molecular formula is C14H19N3O4. The van der Waals surface area contributed by atoms with E-state index < -0.39 is 10.9 Å². The van der Waals surface area contributed by atoms with Gasteiger partial charge in [0.1, 0.15) is 0 Å². The van der Waals surface area contributed by atoms with Crippen LogP contribution in [0.4, 0.5) is 11.5 Å². The van der Waals surface area contributed by atoms with Crippen molar-refractivity contribution in [2.75, 3.05) is 25.1 Å². The molecule has 0 amide bonds. The van der Waals surface area contributed by atoms with Gasteiger partial charge in [-0.3, -0.25) is 10.1 Å². The Morgan fingerprint density at radius 1 is 1.57 bits per heavy atom. The number of ether oxygens (including phenoxy) is 1. The standard InChI is InChI=1S/C14H19N3O4/c1-3-10-5-4-8-16(9-10)13-12(17(19)20)7-6-11(15-13)14(18)21-2/h6-7,10H,3-5,8-9H2,1-2H3. The van der Waals surface area contributed by atoms with Gasteiger partial charge in [-0.1, -0.05) is 13.3 Å². The summed E-state index contributed by atoms with van der Waals surface area (Å²) in [5.41, 5.74) is 0.0242. The van der Waals surface area contributed by atoms with Gasteiger partial charge in [-0.2, -0.15) is 0 Å². The zero-order chi connectivity index (χ0) is 15.4. The quantitative estimate of drug-likeness (QED) is 0.481. The van der Waals surface area contributed by atoms with E-state index in [9.17, 15) is 14.9 Å². The van der Waals surface area contributed by atoms with E-state index in [2.05, 4.69) is 16.6 Å². The number of anilines is 1. The average molecular weight is 293 g/mol. The van der Waals surface area contributed by atoms with Gasteiger partial charge in [-0.15, -0.1) is 0 Å². The summed E-state index contributed by atoms with van der Waals surface area (Å²) in [6, 6.07) is 2.65. The van der Waals surface area contributed by atoms with Crippen molar-refractivity contribution >= 4 is 17.5 Å². The highest BCUT2D eigenvalue weighted by atomic mass is 16.6. The summed E-state index contributed by atoms with van der Waals surface area (Å²) < 4.78 is 4.63. The van der Waals surface area contributed by atoms with Gasteiger partial charge in [0.25, 0.3) is 0 Å². The summed E-state index contributed by atoms with van der Waals surface area (Å²) in [6.45, 7) is 3.56. The van der Waals surface area contributed by atoms with E-state index in [0.29, 0.717) is 5.92 Å². The van der Waals surface area contributed by atoms with Crippen LogP contribution in [0.15, 0.2) is 12.1 Å². The van der Waals surface area contributed by atoms with Gasteiger partial charge in [0, 0.05) is 19.2 Å². The average Bonchev–Trinajstić information content (AvgIpc) is 2.53. The van der Waals surface area contributed by atoms with Crippen LogP contribution >= 0.6 is 0 Å². The molecule has 7 nitrogen and oxygen atoms in total. The largest absolute Gasteiger partial charge is 0.464 e. The van der Waals surface area contributed by atoms with Crippen LogP contribution in [0.3, 0.4) is 0 Å². The third kappa shape index (κ3) is 3.29. The number of nitro groups is 1. The van der Waals surface area contributed by atoms with Gasteiger partial charge < -0.3 is 9.64 Å². The third-order valence-electron chi connectivity index (χ3n) is 3.84. The van der Waals surface area contributed by atoms with Gasteiger partial charge in [0.2, 0.25) is 5.82 Å². The van der Waals surface area contributed by atoms with Gasteiger partial charge in [0.15, 0.2) is 5.69 Å². The first-order valence-electron chi connectivity index (χ1n) is 7.05. The molecule has 1 atom stereocenters. The Hall–Kier alpha value is -2.18. The zero-order valence-electron chi connectivity index (χ0n) is 12.2. The first kappa shape index (κ1) is 15.2. The Kier molecular flexibility index (Phi) is 4.72. The second kappa shape index (κ2) is 6.51. The SMILES string of the molecule is CCC1CCCN(c2nc(C(=O)OC)ccc2[N+](=O)[O-])C1. The summed E-state index contributed by atoms with van der Waals surface area (Å²) in [5.74, 6) is 0.179. The van der Waals surface area contributed by atoms with Crippen LogP contribution < -0.4 is 4.90 Å². The lowest BCUT2D eigenvalue weighted by atomic mass is 9.95. The molecule has 0 N–H and O–H groups in total. The van der Waals surface area contributed by atoms with E-state index in [0.717, 1.165) is 32.4 Å². The number of pyridine rings is 1. The highest BCUT2D eigenvalue weighted by Crippen LogP contribution is 2.30. The normalized spacial score (nSPS) is 18.4. The Morgan fingerprint density at radius 2 is 2.33 bits per heavy atom. The van der Waals surface area contributed by atoms with E-state index in [1.807, 2.05) is 4.90 Å². The minimum atomic E-state index is -0.588. The lowest BCUT2D eigenvalue weighted by Gasteiger charge is -2.32. The molecule has 1 fully saturated rings. The van der Waals surface area contributed by atoms with Crippen molar-refractivity contribution in [3.05, 3.63) is 27.9 Å². The second-order valence-electron chi connectivity index (χ2n) is 5.15. The molecule has 0 aromatic carbocycles. The van der Waals surface area contributed by atoms with Crippen LogP contribution in [-0.2, 0) is 4.74 Å². The van der Waals surface area contributed by atoms with Crippen LogP contribution in [0, 0.1) is 16.0 Å². The van der Waals surface area contributed by atoms with Gasteiger partial charge >= 0.3 is 11.7 Å². The molecule has 2 heterocycles. The summed E-state index contributed by atoms with van der Waals surface area (Å²) in [6.07, 6.45) is 3.12. The molecule has 1 aliphatic heterocycles. The van der Waals surface area contributed by atoms with E-state index in [1.54, 1.807) is 0 Å². The molecule has 0 aliphatic carbocycles. The number of hydrogen-bond acceptors (Lipinski definition) is 6. The van der Waals surface area contributed by atoms with Crippen molar-refractivity contribution in [3.63, 3.8) is 0 Å². The molecule has 1 aliphatic rings. The van der Waals surface area contributed by atoms with Crippen molar-refractivity contribution < 1.29 is 14.5 Å². The van der Waals surface area contributed by atoms with Crippen LogP contribution in [0.5, 0.6) is 0 Å². The number of hydrogen-bond donors (Lipinski definition) is 0. The van der Waals surface area contributed by atoms with Crippen molar-refractivity contribution in [2.45, 2.75) is 26.2 Å².